The summed E-state index contributed by atoms with van der Waals surface area (Å²) in [7, 11) is 1.59. The van der Waals surface area contributed by atoms with Gasteiger partial charge < -0.3 is 24.2 Å². The monoisotopic (exact) mass is 425 g/mol. The van der Waals surface area contributed by atoms with E-state index in [0.29, 0.717) is 51.1 Å². The molecule has 30 heavy (non-hydrogen) atoms. The van der Waals surface area contributed by atoms with Gasteiger partial charge in [-0.2, -0.15) is 0 Å². The topological polar surface area (TPSA) is 85.3 Å². The zero-order valence-corrected chi connectivity index (χ0v) is 19.2. The Bertz CT molecular complexity index is 646. The summed E-state index contributed by atoms with van der Waals surface area (Å²) in [5.41, 5.74) is -2.57. The normalized spacial score (nSPS) is 37.6. The SMILES string of the molecule is COCO[C@H]1C[C@H](C)C[C@H]2CC(=O)[C@@]3(O)CCCN(C(=O)OC(C)(C)C)CCC[C@@]213. The summed E-state index contributed by atoms with van der Waals surface area (Å²) in [5, 5.41) is 11.9. The van der Waals surface area contributed by atoms with Crippen molar-refractivity contribution < 1.29 is 28.9 Å². The summed E-state index contributed by atoms with van der Waals surface area (Å²) in [6.07, 6.45) is 3.87. The van der Waals surface area contributed by atoms with Gasteiger partial charge in [0.15, 0.2) is 5.78 Å². The highest BCUT2D eigenvalue weighted by Crippen LogP contribution is 2.62. The van der Waals surface area contributed by atoms with E-state index in [2.05, 4.69) is 6.92 Å². The van der Waals surface area contributed by atoms with Crippen LogP contribution in [-0.2, 0) is 19.0 Å². The van der Waals surface area contributed by atoms with Crippen molar-refractivity contribution in [1.29, 1.82) is 0 Å². The number of nitrogens with zero attached hydrogens (tertiary/aromatic N) is 1. The molecule has 1 saturated heterocycles. The summed E-state index contributed by atoms with van der Waals surface area (Å²) < 4.78 is 16.9. The number of aliphatic hydroxyl groups is 1. The van der Waals surface area contributed by atoms with E-state index in [1.165, 1.54) is 0 Å². The number of Topliss-reactive ketones (excluding diaryl/α,β-unsaturated/α-hetero) is 1. The average molecular weight is 426 g/mol. The molecule has 0 aromatic rings. The molecule has 0 unspecified atom stereocenters. The largest absolute Gasteiger partial charge is 0.444 e. The molecule has 2 aliphatic carbocycles. The Labute approximate surface area is 180 Å². The number of hydrogen-bond donors (Lipinski definition) is 1. The second kappa shape index (κ2) is 8.75. The van der Waals surface area contributed by atoms with E-state index >= 15 is 0 Å². The first-order chi connectivity index (χ1) is 14.0. The molecule has 5 atom stereocenters. The first-order valence-corrected chi connectivity index (χ1v) is 11.4. The molecule has 1 N–H and O–H groups in total. The predicted octanol–water partition coefficient (Wildman–Crippen LogP) is 3.52. The first kappa shape index (κ1) is 23.5. The van der Waals surface area contributed by atoms with Gasteiger partial charge in [0.1, 0.15) is 18.0 Å². The molecule has 1 amide bonds. The number of rotatable bonds is 3. The average Bonchev–Trinajstić information content (AvgIpc) is 2.88. The van der Waals surface area contributed by atoms with E-state index in [-0.39, 0.29) is 30.7 Å². The third kappa shape index (κ3) is 4.26. The molecule has 0 bridgehead atoms. The van der Waals surface area contributed by atoms with Crippen molar-refractivity contribution in [2.75, 3.05) is 27.0 Å². The highest BCUT2D eigenvalue weighted by atomic mass is 16.7. The number of hydrogen-bond acceptors (Lipinski definition) is 6. The van der Waals surface area contributed by atoms with Gasteiger partial charge in [0.2, 0.25) is 0 Å². The molecule has 0 radical (unpaired) electrons. The Hall–Kier alpha value is -1.18. The Balaban J connectivity index is 1.88. The zero-order valence-electron chi connectivity index (χ0n) is 19.2. The summed E-state index contributed by atoms with van der Waals surface area (Å²) in [4.78, 5) is 27.5. The van der Waals surface area contributed by atoms with Crippen LogP contribution in [0.15, 0.2) is 0 Å². The first-order valence-electron chi connectivity index (χ1n) is 11.4. The maximum atomic E-state index is 13.2. The third-order valence-corrected chi connectivity index (χ3v) is 7.29. The molecule has 0 aromatic heterocycles. The third-order valence-electron chi connectivity index (χ3n) is 7.29. The van der Waals surface area contributed by atoms with Gasteiger partial charge in [-0.25, -0.2) is 4.79 Å². The van der Waals surface area contributed by atoms with E-state index in [1.807, 2.05) is 20.8 Å². The molecular formula is C23H39NO6. The lowest BCUT2D eigenvalue weighted by molar-refractivity contribution is -0.213. The predicted molar refractivity (Wildman–Crippen MR) is 112 cm³/mol. The van der Waals surface area contributed by atoms with Gasteiger partial charge in [-0.15, -0.1) is 0 Å². The Morgan fingerprint density at radius 1 is 1.20 bits per heavy atom. The van der Waals surface area contributed by atoms with E-state index in [9.17, 15) is 14.7 Å². The molecule has 7 nitrogen and oxygen atoms in total. The molecule has 172 valence electrons. The lowest BCUT2D eigenvalue weighted by Crippen LogP contribution is -2.60. The summed E-state index contributed by atoms with van der Waals surface area (Å²) >= 11 is 0. The number of methoxy groups -OCH3 is 1. The molecule has 3 fully saturated rings. The minimum absolute atomic E-state index is 0.0571. The van der Waals surface area contributed by atoms with Crippen LogP contribution in [0.25, 0.3) is 0 Å². The lowest BCUT2D eigenvalue weighted by atomic mass is 9.55. The van der Waals surface area contributed by atoms with Crippen LogP contribution in [0.4, 0.5) is 4.79 Å². The van der Waals surface area contributed by atoms with E-state index in [1.54, 1.807) is 12.0 Å². The second-order valence-electron chi connectivity index (χ2n) is 10.5. The molecule has 0 aromatic carbocycles. The van der Waals surface area contributed by atoms with Crippen LogP contribution < -0.4 is 0 Å². The molecule has 1 heterocycles. The van der Waals surface area contributed by atoms with E-state index in [0.717, 1.165) is 12.8 Å². The number of carbonyl (C=O) groups excluding carboxylic acids is 2. The summed E-state index contributed by atoms with van der Waals surface area (Å²) in [6, 6.07) is 0. The summed E-state index contributed by atoms with van der Waals surface area (Å²) in [5.74, 6) is 0.482. The second-order valence-corrected chi connectivity index (χ2v) is 10.5. The maximum absolute atomic E-state index is 13.2. The Morgan fingerprint density at radius 3 is 2.50 bits per heavy atom. The maximum Gasteiger partial charge on any atom is 0.410 e. The van der Waals surface area contributed by atoms with Gasteiger partial charge >= 0.3 is 6.09 Å². The molecule has 2 saturated carbocycles. The van der Waals surface area contributed by atoms with Gasteiger partial charge in [0.05, 0.1) is 6.10 Å². The van der Waals surface area contributed by atoms with Crippen molar-refractivity contribution in [3.8, 4) is 0 Å². The fourth-order valence-corrected chi connectivity index (χ4v) is 6.17. The smallest absolute Gasteiger partial charge is 0.410 e. The van der Waals surface area contributed by atoms with E-state index < -0.39 is 16.6 Å². The Kier molecular flexibility index (Phi) is 6.85. The fraction of sp³-hybridized carbons (Fsp3) is 0.913. The van der Waals surface area contributed by atoms with Gasteiger partial charge in [-0.3, -0.25) is 4.79 Å². The van der Waals surface area contributed by atoms with Crippen LogP contribution in [0.5, 0.6) is 0 Å². The van der Waals surface area contributed by atoms with Gasteiger partial charge in [0, 0.05) is 32.0 Å². The van der Waals surface area contributed by atoms with Crippen LogP contribution in [0, 0.1) is 17.3 Å². The van der Waals surface area contributed by atoms with Crippen LogP contribution >= 0.6 is 0 Å². The van der Waals surface area contributed by atoms with Crippen LogP contribution in [0.3, 0.4) is 0 Å². The number of carbonyl (C=O) groups is 2. The molecule has 7 heteroatoms. The highest BCUT2D eigenvalue weighted by Gasteiger charge is 2.68. The molecular weight excluding hydrogens is 386 g/mol. The summed E-state index contributed by atoms with van der Waals surface area (Å²) in [6.45, 7) is 8.95. The lowest BCUT2D eigenvalue weighted by Gasteiger charge is -2.53. The molecule has 3 aliphatic rings. The fourth-order valence-electron chi connectivity index (χ4n) is 6.17. The highest BCUT2D eigenvalue weighted by molar-refractivity contribution is 5.91. The minimum Gasteiger partial charge on any atom is -0.444 e. The van der Waals surface area contributed by atoms with Crippen molar-refractivity contribution in [1.82, 2.24) is 4.90 Å². The van der Waals surface area contributed by atoms with Crippen LogP contribution in [-0.4, -0.2) is 66.2 Å². The zero-order chi connectivity index (χ0) is 22.2. The van der Waals surface area contributed by atoms with E-state index in [4.69, 9.17) is 14.2 Å². The quantitative estimate of drug-likeness (QED) is 0.697. The van der Waals surface area contributed by atoms with Crippen molar-refractivity contribution in [2.24, 2.45) is 17.3 Å². The van der Waals surface area contributed by atoms with Crippen molar-refractivity contribution in [2.45, 2.75) is 89.9 Å². The van der Waals surface area contributed by atoms with Crippen LogP contribution in [0.2, 0.25) is 0 Å². The standard InChI is InChI=1S/C23H39NO6/c1-16-12-17-14-18(25)23(27)9-7-11-24(20(26)30-21(2,3)4)10-6-8-22(17,23)19(13-16)29-15-28-5/h16-17,19,27H,6-15H2,1-5H3/t16-,17+,19+,22-,23+/m1/s1. The number of ether oxygens (including phenoxy) is 3. The van der Waals surface area contributed by atoms with Gasteiger partial charge in [-0.05, 0) is 71.1 Å². The number of amides is 1. The molecule has 1 aliphatic heterocycles. The number of ketones is 1. The molecule has 3 rings (SSSR count). The van der Waals surface area contributed by atoms with Crippen molar-refractivity contribution in [3.05, 3.63) is 0 Å². The van der Waals surface area contributed by atoms with Crippen molar-refractivity contribution in [3.63, 3.8) is 0 Å². The van der Waals surface area contributed by atoms with Gasteiger partial charge in [-0.1, -0.05) is 6.92 Å². The van der Waals surface area contributed by atoms with Gasteiger partial charge in [0.25, 0.3) is 0 Å². The Morgan fingerprint density at radius 2 is 1.87 bits per heavy atom. The van der Waals surface area contributed by atoms with Crippen molar-refractivity contribution >= 4 is 11.9 Å². The molecule has 1 spiro atoms. The minimum atomic E-state index is -1.40. The van der Waals surface area contributed by atoms with Crippen LogP contribution in [0.1, 0.15) is 72.6 Å².